The van der Waals surface area contributed by atoms with Crippen molar-refractivity contribution < 1.29 is 19.2 Å². The minimum atomic E-state index is -0.568. The van der Waals surface area contributed by atoms with E-state index in [1.54, 1.807) is 72.8 Å². The number of carbonyl (C=O) groups excluding carboxylic acids is 4. The Balaban J connectivity index is 1.31. The van der Waals surface area contributed by atoms with E-state index in [2.05, 4.69) is 10.6 Å². The van der Waals surface area contributed by atoms with Crippen molar-refractivity contribution >= 4 is 76.0 Å². The van der Waals surface area contributed by atoms with Gasteiger partial charge in [0.05, 0.1) is 10.9 Å². The van der Waals surface area contributed by atoms with E-state index >= 15 is 0 Å². The Morgan fingerprint density at radius 2 is 1.57 bits per heavy atom. The first-order valence-electron chi connectivity index (χ1n) is 13.6. The summed E-state index contributed by atoms with van der Waals surface area (Å²) in [6, 6.07) is 25.9. The lowest BCUT2D eigenvalue weighted by molar-refractivity contribution is -0.121. The maximum atomic E-state index is 13.4. The molecule has 1 heterocycles. The molecular weight excluding hydrogens is 617 g/mol. The third kappa shape index (κ3) is 7.05. The Morgan fingerprint density at radius 3 is 2.23 bits per heavy atom. The molecule has 44 heavy (non-hydrogen) atoms. The molecular formula is C34H27Cl2N3O4S. The van der Waals surface area contributed by atoms with Gasteiger partial charge in [0.1, 0.15) is 5.70 Å². The third-order valence-corrected chi connectivity index (χ3v) is 8.71. The molecule has 0 spiro atoms. The van der Waals surface area contributed by atoms with Crippen molar-refractivity contribution in [2.75, 3.05) is 10.2 Å². The van der Waals surface area contributed by atoms with E-state index in [0.29, 0.717) is 32.5 Å². The minimum absolute atomic E-state index is 0.0248. The summed E-state index contributed by atoms with van der Waals surface area (Å²) in [5.74, 6) is -1.51. The first-order chi connectivity index (χ1) is 21.1. The van der Waals surface area contributed by atoms with Crippen molar-refractivity contribution in [1.82, 2.24) is 5.32 Å². The van der Waals surface area contributed by atoms with Gasteiger partial charge in [0, 0.05) is 32.6 Å². The van der Waals surface area contributed by atoms with Gasteiger partial charge in [-0.25, -0.2) is 4.90 Å². The van der Waals surface area contributed by atoms with Crippen LogP contribution in [0.1, 0.15) is 33.5 Å². The van der Waals surface area contributed by atoms with E-state index in [1.165, 1.54) is 22.7 Å². The van der Waals surface area contributed by atoms with Crippen molar-refractivity contribution in [3.05, 3.63) is 129 Å². The van der Waals surface area contributed by atoms with Gasteiger partial charge in [-0.3, -0.25) is 19.2 Å². The zero-order valence-corrected chi connectivity index (χ0v) is 26.1. The number of para-hydroxylation sites is 1. The number of hydrogen-bond acceptors (Lipinski definition) is 5. The second-order valence-corrected chi connectivity index (χ2v) is 12.3. The monoisotopic (exact) mass is 643 g/mol. The minimum Gasteiger partial charge on any atom is -0.321 e. The number of imide groups is 1. The molecule has 2 N–H and O–H groups in total. The average molecular weight is 645 g/mol. The molecule has 0 bridgehead atoms. The van der Waals surface area contributed by atoms with Gasteiger partial charge >= 0.3 is 0 Å². The Labute approximate surface area is 269 Å². The number of nitrogens with one attached hydrogen (secondary N) is 2. The van der Waals surface area contributed by atoms with Crippen LogP contribution in [-0.4, -0.2) is 28.9 Å². The van der Waals surface area contributed by atoms with Gasteiger partial charge in [-0.05, 0) is 85.1 Å². The lowest BCUT2D eigenvalue weighted by atomic mass is 10.1. The van der Waals surface area contributed by atoms with Crippen LogP contribution in [0.5, 0.6) is 0 Å². The Bertz CT molecular complexity index is 1770. The van der Waals surface area contributed by atoms with Crippen LogP contribution < -0.4 is 15.5 Å². The van der Waals surface area contributed by atoms with Crippen molar-refractivity contribution in [3.8, 4) is 0 Å². The molecule has 0 saturated carbocycles. The number of nitrogens with zero attached hydrogens (tertiary/aromatic N) is 1. The summed E-state index contributed by atoms with van der Waals surface area (Å²) in [7, 11) is 0. The van der Waals surface area contributed by atoms with E-state index in [1.807, 2.05) is 32.0 Å². The maximum Gasteiger partial charge on any atom is 0.272 e. The fourth-order valence-corrected chi connectivity index (χ4v) is 6.30. The number of benzene rings is 4. The number of anilines is 2. The summed E-state index contributed by atoms with van der Waals surface area (Å²) in [4.78, 5) is 54.5. The average Bonchev–Trinajstić information content (AvgIpc) is 3.27. The summed E-state index contributed by atoms with van der Waals surface area (Å²) < 4.78 is 0. The number of thioether (sulfide) groups is 1. The van der Waals surface area contributed by atoms with E-state index in [4.69, 9.17) is 23.2 Å². The highest BCUT2D eigenvalue weighted by Crippen LogP contribution is 2.36. The number of amides is 4. The lowest BCUT2D eigenvalue weighted by Crippen LogP contribution is -2.32. The number of rotatable bonds is 8. The van der Waals surface area contributed by atoms with Gasteiger partial charge in [0.2, 0.25) is 11.8 Å². The van der Waals surface area contributed by atoms with Crippen molar-refractivity contribution in [2.45, 2.75) is 30.4 Å². The molecule has 1 saturated heterocycles. The molecule has 1 fully saturated rings. The second kappa shape index (κ2) is 13.5. The van der Waals surface area contributed by atoms with E-state index < -0.39 is 17.1 Å². The largest absolute Gasteiger partial charge is 0.321 e. The molecule has 4 aromatic rings. The van der Waals surface area contributed by atoms with Crippen LogP contribution in [0.4, 0.5) is 11.4 Å². The van der Waals surface area contributed by atoms with E-state index in [9.17, 15) is 19.2 Å². The van der Waals surface area contributed by atoms with Crippen LogP contribution in [0.25, 0.3) is 6.08 Å². The smallest absolute Gasteiger partial charge is 0.272 e. The lowest BCUT2D eigenvalue weighted by Gasteiger charge is -2.19. The number of carbonyl (C=O) groups is 4. The Morgan fingerprint density at radius 1 is 0.886 bits per heavy atom. The topological polar surface area (TPSA) is 95.6 Å². The predicted octanol–water partition coefficient (Wildman–Crippen LogP) is 7.44. The highest BCUT2D eigenvalue weighted by atomic mass is 35.5. The molecule has 1 atom stereocenters. The predicted molar refractivity (Wildman–Crippen MR) is 176 cm³/mol. The first-order valence-corrected chi connectivity index (χ1v) is 15.3. The molecule has 4 amide bonds. The van der Waals surface area contributed by atoms with Gasteiger partial charge in [-0.2, -0.15) is 0 Å². The molecule has 1 aliphatic rings. The highest BCUT2D eigenvalue weighted by molar-refractivity contribution is 8.00. The van der Waals surface area contributed by atoms with Crippen LogP contribution in [0.15, 0.2) is 102 Å². The quantitative estimate of drug-likeness (QED) is 0.154. The van der Waals surface area contributed by atoms with Gasteiger partial charge in [-0.1, -0.05) is 65.7 Å². The fourth-order valence-electron chi connectivity index (χ4n) is 4.79. The first kappa shape index (κ1) is 31.1. The molecule has 4 aromatic carbocycles. The maximum absolute atomic E-state index is 13.4. The zero-order valence-electron chi connectivity index (χ0n) is 23.8. The highest BCUT2D eigenvalue weighted by Gasteiger charge is 2.41. The number of hydrogen-bond donors (Lipinski definition) is 2. The van der Waals surface area contributed by atoms with Crippen molar-refractivity contribution in [3.63, 3.8) is 0 Å². The van der Waals surface area contributed by atoms with E-state index in [-0.39, 0.29) is 23.9 Å². The Kier molecular flexibility index (Phi) is 9.54. The molecule has 1 unspecified atom stereocenters. The molecule has 0 radical (unpaired) electrons. The molecule has 10 heteroatoms. The molecule has 222 valence electrons. The summed E-state index contributed by atoms with van der Waals surface area (Å²) in [6.45, 7) is 3.77. The molecule has 0 aromatic heterocycles. The molecule has 0 aliphatic carbocycles. The molecule has 5 rings (SSSR count). The van der Waals surface area contributed by atoms with Gasteiger partial charge < -0.3 is 10.6 Å². The van der Waals surface area contributed by atoms with E-state index in [0.717, 1.165) is 16.0 Å². The van der Waals surface area contributed by atoms with Gasteiger partial charge in [0.25, 0.3) is 11.8 Å². The fraction of sp³-hybridized carbons (Fsp3) is 0.118. The van der Waals surface area contributed by atoms with Crippen LogP contribution in [0.3, 0.4) is 0 Å². The van der Waals surface area contributed by atoms with Crippen molar-refractivity contribution in [1.29, 1.82) is 0 Å². The normalized spacial score (nSPS) is 15.0. The van der Waals surface area contributed by atoms with Gasteiger partial charge in [0.15, 0.2) is 0 Å². The van der Waals surface area contributed by atoms with Crippen LogP contribution >= 0.6 is 35.0 Å². The van der Waals surface area contributed by atoms with Crippen LogP contribution in [0.2, 0.25) is 10.0 Å². The second-order valence-electron chi connectivity index (χ2n) is 10.1. The van der Waals surface area contributed by atoms with Crippen molar-refractivity contribution in [2.24, 2.45) is 0 Å². The summed E-state index contributed by atoms with van der Waals surface area (Å²) >= 11 is 13.7. The Hall–Kier alpha value is -4.37. The summed E-state index contributed by atoms with van der Waals surface area (Å²) in [6.07, 6.45) is 1.57. The standard InChI is InChI=1S/C34H27Cl2N3O4S/c1-20-7-6-8-21(2)31(20)39-30(40)19-29(34(39)43)44-26-15-13-25(14-16-26)37-33(42)28(17-23-11-12-24(35)18-27(23)36)38-32(41)22-9-4-3-5-10-22/h3-18,29H,19H2,1-2H3,(H,37,42)(H,38,41)/b28-17-. The SMILES string of the molecule is Cc1cccc(C)c1N1C(=O)CC(Sc2ccc(NC(=O)/C(=C/c3ccc(Cl)cc3Cl)NC(=O)c3ccccc3)cc2)C1=O. The van der Waals surface area contributed by atoms with Crippen LogP contribution in [-0.2, 0) is 14.4 Å². The summed E-state index contributed by atoms with van der Waals surface area (Å²) in [5.41, 5.74) is 3.69. The molecule has 1 aliphatic heterocycles. The third-order valence-electron chi connectivity index (χ3n) is 6.95. The van der Waals surface area contributed by atoms with Crippen LogP contribution in [0, 0.1) is 13.8 Å². The summed E-state index contributed by atoms with van der Waals surface area (Å²) in [5, 5.41) is 5.67. The number of aryl methyl sites for hydroxylation is 2. The van der Waals surface area contributed by atoms with Gasteiger partial charge in [-0.15, -0.1) is 11.8 Å². The zero-order chi connectivity index (χ0) is 31.4. The number of halogens is 2. The molecule has 7 nitrogen and oxygen atoms in total.